The van der Waals surface area contributed by atoms with Gasteiger partial charge in [-0.1, -0.05) is 18.3 Å². The van der Waals surface area contributed by atoms with Gasteiger partial charge >= 0.3 is 0 Å². The van der Waals surface area contributed by atoms with E-state index >= 15 is 0 Å². The Morgan fingerprint density at radius 2 is 2.33 bits per heavy atom. The topological polar surface area (TPSA) is 74.2 Å². The average Bonchev–Trinajstić information content (AvgIpc) is 2.18. The molecule has 0 fully saturated rings. The summed E-state index contributed by atoms with van der Waals surface area (Å²) in [5.41, 5.74) is 7.99. The van der Waals surface area contributed by atoms with Crippen LogP contribution in [0.1, 0.15) is 0 Å². The second kappa shape index (κ2) is 5.02. The number of benzene rings is 1. The molecule has 0 aliphatic heterocycles. The number of hydrazone groups is 1. The van der Waals surface area contributed by atoms with Crippen molar-refractivity contribution < 1.29 is 4.39 Å². The molecule has 1 rings (SSSR count). The van der Waals surface area contributed by atoms with Crippen LogP contribution >= 0.6 is 12.2 Å². The number of nitrogens with one attached hydrogen (secondary N) is 1. The Balaban J connectivity index is 2.80. The zero-order chi connectivity index (χ0) is 11.3. The van der Waals surface area contributed by atoms with Crippen LogP contribution in [0.3, 0.4) is 0 Å². The van der Waals surface area contributed by atoms with E-state index in [-0.39, 0.29) is 10.7 Å². The average molecular weight is 222 g/mol. The van der Waals surface area contributed by atoms with Crippen LogP contribution in [0.5, 0.6) is 0 Å². The first-order valence-electron chi connectivity index (χ1n) is 3.92. The highest BCUT2D eigenvalue weighted by Gasteiger charge is 2.00. The minimum atomic E-state index is -0.399. The van der Waals surface area contributed by atoms with Crippen molar-refractivity contribution in [2.45, 2.75) is 0 Å². The van der Waals surface area contributed by atoms with E-state index in [0.29, 0.717) is 5.69 Å². The van der Waals surface area contributed by atoms with Crippen LogP contribution in [0.25, 0.3) is 0 Å². The number of hydrogen-bond donors (Lipinski definition) is 2. The molecule has 0 amide bonds. The summed E-state index contributed by atoms with van der Waals surface area (Å²) in [5.74, 6) is -0.399. The van der Waals surface area contributed by atoms with Gasteiger partial charge in [-0.05, 0) is 18.2 Å². The summed E-state index contributed by atoms with van der Waals surface area (Å²) in [5, 5.41) is 12.2. The van der Waals surface area contributed by atoms with Crippen LogP contribution in [-0.4, -0.2) is 10.7 Å². The van der Waals surface area contributed by atoms with Gasteiger partial charge in [-0.15, -0.1) is 0 Å². The lowest BCUT2D eigenvalue weighted by Gasteiger charge is -2.00. The van der Waals surface area contributed by atoms with Crippen molar-refractivity contribution >= 4 is 28.6 Å². The number of thiocarbonyl (C=S) groups is 1. The third-order valence-electron chi connectivity index (χ3n) is 1.46. The molecule has 76 valence electrons. The lowest BCUT2D eigenvalue weighted by molar-refractivity contribution is 0.628. The number of nitriles is 1. The maximum atomic E-state index is 12.7. The smallest absolute Gasteiger partial charge is 0.194 e. The zero-order valence-electron chi connectivity index (χ0n) is 7.57. The van der Waals surface area contributed by atoms with E-state index in [9.17, 15) is 4.39 Å². The largest absolute Gasteiger partial charge is 0.387 e. The SMILES string of the molecule is N#C/C(=N\Nc1cccc(F)c1)C(N)=S. The first-order chi connectivity index (χ1) is 7.13. The Kier molecular flexibility index (Phi) is 3.71. The first kappa shape index (κ1) is 11.1. The van der Waals surface area contributed by atoms with Crippen molar-refractivity contribution in [2.75, 3.05) is 5.43 Å². The molecule has 1 aromatic carbocycles. The lowest BCUT2D eigenvalue weighted by Crippen LogP contribution is -2.20. The summed E-state index contributed by atoms with van der Waals surface area (Å²) in [7, 11) is 0. The molecule has 15 heavy (non-hydrogen) atoms. The van der Waals surface area contributed by atoms with Crippen molar-refractivity contribution in [3.05, 3.63) is 30.1 Å². The van der Waals surface area contributed by atoms with E-state index in [1.165, 1.54) is 18.2 Å². The van der Waals surface area contributed by atoms with Gasteiger partial charge in [0, 0.05) is 0 Å². The molecule has 0 radical (unpaired) electrons. The van der Waals surface area contributed by atoms with E-state index in [1.54, 1.807) is 12.1 Å². The molecule has 1 aromatic rings. The molecule has 0 atom stereocenters. The fourth-order valence-corrected chi connectivity index (χ4v) is 0.905. The van der Waals surface area contributed by atoms with Crippen LogP contribution in [0.15, 0.2) is 29.4 Å². The Morgan fingerprint density at radius 1 is 1.60 bits per heavy atom. The Bertz CT molecular complexity index is 450. The number of nitrogens with two attached hydrogens (primary N) is 1. The quantitative estimate of drug-likeness (QED) is 0.460. The first-order valence-corrected chi connectivity index (χ1v) is 4.33. The van der Waals surface area contributed by atoms with E-state index in [4.69, 9.17) is 11.0 Å². The summed E-state index contributed by atoms with van der Waals surface area (Å²) in [6.45, 7) is 0. The normalized spacial score (nSPS) is 10.5. The van der Waals surface area contributed by atoms with Gasteiger partial charge in [0.15, 0.2) is 5.71 Å². The molecule has 0 aliphatic rings. The van der Waals surface area contributed by atoms with Gasteiger partial charge in [-0.25, -0.2) is 4.39 Å². The minimum Gasteiger partial charge on any atom is -0.387 e. The molecule has 0 aromatic heterocycles. The fraction of sp³-hybridized carbons (Fsp3) is 0. The van der Waals surface area contributed by atoms with Crippen molar-refractivity contribution in [1.29, 1.82) is 5.26 Å². The Morgan fingerprint density at radius 3 is 2.87 bits per heavy atom. The number of nitrogens with zero attached hydrogens (tertiary/aromatic N) is 2. The second-order valence-electron chi connectivity index (χ2n) is 2.56. The molecule has 0 saturated heterocycles. The van der Waals surface area contributed by atoms with E-state index in [2.05, 4.69) is 22.7 Å². The van der Waals surface area contributed by atoms with Crippen LogP contribution in [0.4, 0.5) is 10.1 Å². The van der Waals surface area contributed by atoms with Gasteiger partial charge in [0.25, 0.3) is 0 Å². The Labute approximate surface area is 91.2 Å². The highest BCUT2D eigenvalue weighted by Crippen LogP contribution is 2.08. The van der Waals surface area contributed by atoms with Crippen molar-refractivity contribution in [3.63, 3.8) is 0 Å². The predicted molar refractivity (Wildman–Crippen MR) is 59.9 cm³/mol. The van der Waals surface area contributed by atoms with E-state index in [1.807, 2.05) is 0 Å². The van der Waals surface area contributed by atoms with Gasteiger partial charge in [0.05, 0.1) is 5.69 Å². The van der Waals surface area contributed by atoms with Gasteiger partial charge in [0.2, 0.25) is 0 Å². The maximum absolute atomic E-state index is 12.7. The summed E-state index contributed by atoms with van der Waals surface area (Å²) < 4.78 is 12.7. The van der Waals surface area contributed by atoms with Crippen LogP contribution < -0.4 is 11.2 Å². The molecule has 6 heteroatoms. The van der Waals surface area contributed by atoms with Crippen LogP contribution in [0, 0.1) is 17.1 Å². The standard InChI is InChI=1S/C9H7FN4S/c10-6-2-1-3-7(4-6)13-14-8(5-11)9(12)15/h1-4,13H,(H2,12,15)/b14-8+. The molecular weight excluding hydrogens is 215 g/mol. The van der Waals surface area contributed by atoms with Crippen molar-refractivity contribution in [1.82, 2.24) is 0 Å². The predicted octanol–water partition coefficient (Wildman–Crippen LogP) is 1.40. The zero-order valence-corrected chi connectivity index (χ0v) is 8.38. The minimum absolute atomic E-state index is 0.103. The van der Waals surface area contributed by atoms with E-state index in [0.717, 1.165) is 0 Å². The number of rotatable bonds is 3. The summed E-state index contributed by atoms with van der Waals surface area (Å²) in [6.07, 6.45) is 0. The number of hydrogen-bond acceptors (Lipinski definition) is 4. The van der Waals surface area contributed by atoms with Gasteiger partial charge in [-0.3, -0.25) is 5.43 Å². The lowest BCUT2D eigenvalue weighted by atomic mass is 10.3. The maximum Gasteiger partial charge on any atom is 0.194 e. The molecule has 0 saturated carbocycles. The highest BCUT2D eigenvalue weighted by molar-refractivity contribution is 7.82. The van der Waals surface area contributed by atoms with Crippen molar-refractivity contribution in [3.8, 4) is 6.07 Å². The van der Waals surface area contributed by atoms with Gasteiger partial charge in [-0.2, -0.15) is 10.4 Å². The van der Waals surface area contributed by atoms with Gasteiger partial charge in [0.1, 0.15) is 16.9 Å². The highest BCUT2D eigenvalue weighted by atomic mass is 32.1. The molecule has 0 aliphatic carbocycles. The molecular formula is C9H7FN4S. The third-order valence-corrected chi connectivity index (χ3v) is 1.65. The van der Waals surface area contributed by atoms with Gasteiger partial charge < -0.3 is 5.73 Å². The van der Waals surface area contributed by atoms with Crippen molar-refractivity contribution in [2.24, 2.45) is 10.8 Å². The molecule has 0 bridgehead atoms. The molecule has 0 heterocycles. The number of anilines is 1. The number of halogens is 1. The summed E-state index contributed by atoms with van der Waals surface area (Å²) in [6, 6.07) is 7.36. The summed E-state index contributed by atoms with van der Waals surface area (Å²) in [4.78, 5) is -0.110. The second-order valence-corrected chi connectivity index (χ2v) is 3.00. The molecule has 0 spiro atoms. The molecule has 4 nitrogen and oxygen atoms in total. The molecule has 3 N–H and O–H groups in total. The summed E-state index contributed by atoms with van der Waals surface area (Å²) >= 11 is 4.57. The Hall–Kier alpha value is -2.00. The molecule has 0 unspecified atom stereocenters. The van der Waals surface area contributed by atoms with Crippen LogP contribution in [0.2, 0.25) is 0 Å². The van der Waals surface area contributed by atoms with E-state index < -0.39 is 5.82 Å². The van der Waals surface area contributed by atoms with Crippen LogP contribution in [-0.2, 0) is 0 Å². The fourth-order valence-electron chi connectivity index (χ4n) is 0.814. The monoisotopic (exact) mass is 222 g/mol. The third kappa shape index (κ3) is 3.32.